The highest BCUT2D eigenvalue weighted by molar-refractivity contribution is 5.49. The van der Waals surface area contributed by atoms with Crippen LogP contribution < -0.4 is 4.70 Å². The maximum atomic E-state index is 11.3. The molecule has 172 valence electrons. The minimum Gasteiger partial charge on any atom is -1.00 e. The number of hydrogen-bond donors (Lipinski definition) is 0. The van der Waals surface area contributed by atoms with E-state index in [4.69, 9.17) is 4.74 Å². The Bertz CT molecular complexity index is 427. The summed E-state index contributed by atoms with van der Waals surface area (Å²) in [5.41, 5.74) is 0. The van der Waals surface area contributed by atoms with Crippen LogP contribution in [-0.2, 0) is 9.53 Å². The van der Waals surface area contributed by atoms with E-state index in [1.165, 1.54) is 96.3 Å². The number of likely N-dealkylation sites (N-methyl/N-ethyl adjacent to an activating group) is 1. The molecule has 1 aliphatic carbocycles. The van der Waals surface area contributed by atoms with E-state index >= 15 is 0 Å². The number of rotatable bonds is 17. The average Bonchev–Trinajstić information content (AvgIpc) is 2.69. The molecule has 0 N–H and O–H groups in total. The third-order valence-electron chi connectivity index (χ3n) is 6.16. The molecule has 0 aromatic rings. The Morgan fingerprint density at radius 1 is 0.828 bits per heavy atom. The molecular formula is C25H48FNO2. The van der Waals surface area contributed by atoms with Crippen LogP contribution in [-0.4, -0.2) is 43.7 Å². The third-order valence-corrected chi connectivity index (χ3v) is 6.16. The number of hydrogen-bond acceptors (Lipinski definition) is 2. The molecule has 0 atom stereocenters. The molecule has 0 aromatic carbocycles. The molecule has 1 fully saturated rings. The number of quaternary nitrogens is 1. The van der Waals surface area contributed by atoms with Crippen molar-refractivity contribution in [3.8, 4) is 0 Å². The summed E-state index contributed by atoms with van der Waals surface area (Å²) in [6, 6.07) is 0. The van der Waals surface area contributed by atoms with Gasteiger partial charge in [-0.25, -0.2) is 4.79 Å². The van der Waals surface area contributed by atoms with Crippen LogP contribution in [0.5, 0.6) is 0 Å². The molecule has 1 saturated carbocycles. The molecule has 0 unspecified atom stereocenters. The van der Waals surface area contributed by atoms with Crippen molar-refractivity contribution in [2.75, 3.05) is 27.2 Å². The number of unbranched alkanes of at least 4 members (excludes halogenated alkanes) is 11. The van der Waals surface area contributed by atoms with Crippen molar-refractivity contribution in [2.24, 2.45) is 0 Å². The first-order chi connectivity index (χ1) is 13.6. The van der Waals surface area contributed by atoms with Crippen LogP contribution >= 0.6 is 0 Å². The summed E-state index contributed by atoms with van der Waals surface area (Å²) in [5.74, 6) is 2.62. The van der Waals surface area contributed by atoms with Gasteiger partial charge in [-0.1, -0.05) is 77.6 Å². The van der Waals surface area contributed by atoms with Gasteiger partial charge in [0.2, 0.25) is 5.76 Å². The standard InChI is InChI=1S/C25H48NO2.FH/c1-4-5-6-7-8-9-10-11-12-13-14-18-21-26(2,3)22-25(23-27)28-24-19-16-15-17-20-24;/h24H,4-22H2,1-3H3;1H/q+1;/p-1. The molecule has 1 rings (SSSR count). The lowest BCUT2D eigenvalue weighted by Gasteiger charge is -2.31. The molecule has 0 bridgehead atoms. The second-order valence-electron chi connectivity index (χ2n) is 9.61. The Balaban J connectivity index is 0.00000784. The summed E-state index contributed by atoms with van der Waals surface area (Å²) in [6.45, 7) is 4.07. The van der Waals surface area contributed by atoms with Gasteiger partial charge in [-0.2, -0.15) is 0 Å². The number of halogens is 1. The van der Waals surface area contributed by atoms with Gasteiger partial charge in [-0.05, 0) is 38.5 Å². The molecule has 3 nitrogen and oxygen atoms in total. The van der Waals surface area contributed by atoms with Crippen molar-refractivity contribution in [2.45, 2.75) is 122 Å². The van der Waals surface area contributed by atoms with Crippen molar-refractivity contribution < 1.29 is 18.7 Å². The fourth-order valence-corrected chi connectivity index (χ4v) is 4.33. The molecule has 29 heavy (non-hydrogen) atoms. The second kappa shape index (κ2) is 18.0. The quantitative estimate of drug-likeness (QED) is 0.157. The normalized spacial score (nSPS) is 14.9. The predicted octanol–water partition coefficient (Wildman–Crippen LogP) is 3.83. The van der Waals surface area contributed by atoms with Crippen molar-refractivity contribution in [1.82, 2.24) is 0 Å². The van der Waals surface area contributed by atoms with E-state index in [2.05, 4.69) is 27.0 Å². The molecule has 0 aliphatic heterocycles. The molecule has 0 aromatic heterocycles. The summed E-state index contributed by atoms with van der Waals surface area (Å²) in [5, 5.41) is 0. The van der Waals surface area contributed by atoms with E-state index in [0.29, 0.717) is 12.3 Å². The highest BCUT2D eigenvalue weighted by atomic mass is 19.0. The van der Waals surface area contributed by atoms with Gasteiger partial charge in [0.05, 0.1) is 26.7 Å². The lowest BCUT2D eigenvalue weighted by Crippen LogP contribution is -3.00. The Labute approximate surface area is 180 Å². The highest BCUT2D eigenvalue weighted by Crippen LogP contribution is 2.22. The van der Waals surface area contributed by atoms with E-state index in [1.807, 2.05) is 0 Å². The Hall–Kier alpha value is -0.860. The van der Waals surface area contributed by atoms with Gasteiger partial charge < -0.3 is 13.9 Å². The summed E-state index contributed by atoms with van der Waals surface area (Å²) in [4.78, 5) is 11.3. The number of carbonyl (C=O) groups excluding carboxylic acids is 1. The number of nitrogens with zero attached hydrogens (tertiary/aromatic N) is 1. The average molecular weight is 414 g/mol. The lowest BCUT2D eigenvalue weighted by atomic mass is 9.98. The van der Waals surface area contributed by atoms with E-state index in [9.17, 15) is 4.79 Å². The smallest absolute Gasteiger partial charge is 0.235 e. The van der Waals surface area contributed by atoms with Crippen LogP contribution in [0.3, 0.4) is 0 Å². The van der Waals surface area contributed by atoms with Gasteiger partial charge in [0.25, 0.3) is 0 Å². The first-order valence-electron chi connectivity index (χ1n) is 12.3. The van der Waals surface area contributed by atoms with E-state index < -0.39 is 0 Å². The van der Waals surface area contributed by atoms with Gasteiger partial charge in [0.15, 0.2) is 5.94 Å². The minimum absolute atomic E-state index is 0. The maximum absolute atomic E-state index is 11.3. The summed E-state index contributed by atoms with van der Waals surface area (Å²) >= 11 is 0. The Morgan fingerprint density at radius 2 is 1.31 bits per heavy atom. The maximum Gasteiger partial charge on any atom is 0.235 e. The number of ether oxygens (including phenoxy) is 1. The van der Waals surface area contributed by atoms with E-state index in [0.717, 1.165) is 23.9 Å². The third kappa shape index (κ3) is 15.6. The molecule has 1 aliphatic rings. The van der Waals surface area contributed by atoms with Crippen molar-refractivity contribution in [3.05, 3.63) is 5.76 Å². The van der Waals surface area contributed by atoms with Crippen LogP contribution in [0, 0.1) is 0 Å². The van der Waals surface area contributed by atoms with Crippen molar-refractivity contribution >= 4 is 5.94 Å². The summed E-state index contributed by atoms with van der Waals surface area (Å²) < 4.78 is 6.80. The second-order valence-corrected chi connectivity index (χ2v) is 9.61. The van der Waals surface area contributed by atoms with Gasteiger partial charge in [0, 0.05) is 0 Å². The first kappa shape index (κ1) is 28.1. The molecule has 0 saturated heterocycles. The van der Waals surface area contributed by atoms with Gasteiger partial charge in [-0.3, -0.25) is 0 Å². The largest absolute Gasteiger partial charge is 1.00 e. The Kier molecular flexibility index (Phi) is 17.4. The molecule has 0 amide bonds. The van der Waals surface area contributed by atoms with Crippen LogP contribution in [0.4, 0.5) is 0 Å². The molecule has 0 radical (unpaired) electrons. The SMILES string of the molecule is CCCCCCCCCCCCCC[N+](C)(C)CC(=C=O)OC1CCCCC1.[F-]. The summed E-state index contributed by atoms with van der Waals surface area (Å²) in [7, 11) is 4.42. The van der Waals surface area contributed by atoms with Crippen LogP contribution in [0.1, 0.15) is 116 Å². The van der Waals surface area contributed by atoms with Crippen molar-refractivity contribution in [1.29, 1.82) is 0 Å². The Morgan fingerprint density at radius 3 is 1.79 bits per heavy atom. The van der Waals surface area contributed by atoms with E-state index in [1.54, 1.807) is 0 Å². The predicted molar refractivity (Wildman–Crippen MR) is 120 cm³/mol. The summed E-state index contributed by atoms with van der Waals surface area (Å²) in [6.07, 6.45) is 22.8. The fraction of sp³-hybridized carbons (Fsp3) is 0.920. The first-order valence-corrected chi connectivity index (χ1v) is 12.3. The topological polar surface area (TPSA) is 26.3 Å². The zero-order valence-electron chi connectivity index (χ0n) is 19.7. The van der Waals surface area contributed by atoms with Crippen LogP contribution in [0.2, 0.25) is 0 Å². The molecule has 0 heterocycles. The highest BCUT2D eigenvalue weighted by Gasteiger charge is 2.22. The van der Waals surface area contributed by atoms with Gasteiger partial charge in [-0.15, -0.1) is 0 Å². The van der Waals surface area contributed by atoms with Gasteiger partial charge in [0.1, 0.15) is 6.54 Å². The molecular weight excluding hydrogens is 365 g/mol. The van der Waals surface area contributed by atoms with Crippen LogP contribution in [0.25, 0.3) is 0 Å². The monoisotopic (exact) mass is 413 g/mol. The zero-order valence-corrected chi connectivity index (χ0v) is 19.7. The zero-order chi connectivity index (χ0) is 20.5. The lowest BCUT2D eigenvalue weighted by molar-refractivity contribution is -0.887. The van der Waals surface area contributed by atoms with Crippen molar-refractivity contribution in [3.63, 3.8) is 0 Å². The molecule has 4 heteroatoms. The fourth-order valence-electron chi connectivity index (χ4n) is 4.33. The van der Waals surface area contributed by atoms with Gasteiger partial charge >= 0.3 is 0 Å². The van der Waals surface area contributed by atoms with Crippen LogP contribution in [0.15, 0.2) is 5.76 Å². The van der Waals surface area contributed by atoms with E-state index in [-0.39, 0.29) is 10.8 Å². The molecule has 0 spiro atoms. The minimum atomic E-state index is 0.